The third-order valence-electron chi connectivity index (χ3n) is 3.95. The van der Waals surface area contributed by atoms with E-state index in [1.54, 1.807) is 0 Å². The Morgan fingerprint density at radius 1 is 1.33 bits per heavy atom. The third-order valence-corrected chi connectivity index (χ3v) is 3.95. The van der Waals surface area contributed by atoms with Crippen molar-refractivity contribution in [1.29, 1.82) is 0 Å². The summed E-state index contributed by atoms with van der Waals surface area (Å²) in [6, 6.07) is 0. The lowest BCUT2D eigenvalue weighted by Gasteiger charge is -2.34. The Labute approximate surface area is 107 Å². The molecule has 5 heteroatoms. The number of hydrogen-bond acceptors (Lipinski definition) is 3. The van der Waals surface area contributed by atoms with Crippen molar-refractivity contribution in [3.63, 3.8) is 0 Å². The second kappa shape index (κ2) is 4.57. The number of imidazole rings is 1. The van der Waals surface area contributed by atoms with Crippen LogP contribution in [-0.4, -0.2) is 32.8 Å². The monoisotopic (exact) mass is 245 g/mol. The van der Waals surface area contributed by atoms with Gasteiger partial charge in [-0.2, -0.15) is 5.10 Å². The summed E-state index contributed by atoms with van der Waals surface area (Å²) in [5.41, 5.74) is 2.77. The van der Waals surface area contributed by atoms with E-state index < -0.39 is 0 Å². The molecule has 2 aromatic rings. The van der Waals surface area contributed by atoms with Gasteiger partial charge in [-0.1, -0.05) is 6.92 Å². The van der Waals surface area contributed by atoms with Gasteiger partial charge in [0.2, 0.25) is 0 Å². The number of aromatic nitrogens is 4. The molecule has 3 rings (SSSR count). The first-order valence-corrected chi connectivity index (χ1v) is 6.47. The second-order valence-corrected chi connectivity index (χ2v) is 5.32. The van der Waals surface area contributed by atoms with Gasteiger partial charge in [-0.3, -0.25) is 5.10 Å². The fourth-order valence-corrected chi connectivity index (χ4v) is 2.74. The van der Waals surface area contributed by atoms with Crippen molar-refractivity contribution in [2.45, 2.75) is 31.7 Å². The van der Waals surface area contributed by atoms with E-state index in [0.717, 1.165) is 19.6 Å². The molecule has 0 amide bonds. The van der Waals surface area contributed by atoms with Crippen molar-refractivity contribution in [1.82, 2.24) is 25.1 Å². The molecular formula is C13H19N5. The molecule has 0 radical (unpaired) electrons. The SMILES string of the molecule is CC1(c2cncn2Cc2cn[nH]c2)CCNCC1. The normalized spacial score (nSPS) is 18.9. The molecule has 3 heterocycles. The van der Waals surface area contributed by atoms with Gasteiger partial charge in [0.05, 0.1) is 19.1 Å². The highest BCUT2D eigenvalue weighted by molar-refractivity contribution is 5.17. The van der Waals surface area contributed by atoms with Gasteiger partial charge in [0.15, 0.2) is 0 Å². The van der Waals surface area contributed by atoms with Gasteiger partial charge in [-0.15, -0.1) is 0 Å². The topological polar surface area (TPSA) is 58.5 Å². The van der Waals surface area contributed by atoms with Crippen LogP contribution >= 0.6 is 0 Å². The maximum Gasteiger partial charge on any atom is 0.0951 e. The molecule has 1 saturated heterocycles. The van der Waals surface area contributed by atoms with E-state index in [1.165, 1.54) is 24.1 Å². The van der Waals surface area contributed by atoms with Crippen LogP contribution in [0.2, 0.25) is 0 Å². The first kappa shape index (κ1) is 11.5. The molecule has 0 bridgehead atoms. The molecule has 0 spiro atoms. The predicted octanol–water partition coefficient (Wildman–Crippen LogP) is 1.30. The van der Waals surface area contributed by atoms with Gasteiger partial charge in [-0.25, -0.2) is 4.98 Å². The molecule has 1 fully saturated rings. The smallest absolute Gasteiger partial charge is 0.0951 e. The summed E-state index contributed by atoms with van der Waals surface area (Å²) < 4.78 is 2.25. The quantitative estimate of drug-likeness (QED) is 0.857. The van der Waals surface area contributed by atoms with Crippen molar-refractivity contribution in [2.24, 2.45) is 0 Å². The van der Waals surface area contributed by atoms with E-state index in [1.807, 2.05) is 24.9 Å². The molecule has 0 saturated carbocycles. The molecule has 0 atom stereocenters. The summed E-state index contributed by atoms with van der Waals surface area (Å²) in [4.78, 5) is 4.34. The summed E-state index contributed by atoms with van der Waals surface area (Å²) in [5, 5.41) is 10.3. The zero-order chi connectivity index (χ0) is 12.4. The van der Waals surface area contributed by atoms with Crippen LogP contribution in [-0.2, 0) is 12.0 Å². The summed E-state index contributed by atoms with van der Waals surface area (Å²) in [6.07, 6.45) is 10.1. The van der Waals surface area contributed by atoms with Crippen LogP contribution in [0.25, 0.3) is 0 Å². The highest BCUT2D eigenvalue weighted by Crippen LogP contribution is 2.32. The number of nitrogens with zero attached hydrogens (tertiary/aromatic N) is 3. The van der Waals surface area contributed by atoms with E-state index >= 15 is 0 Å². The zero-order valence-corrected chi connectivity index (χ0v) is 10.7. The van der Waals surface area contributed by atoms with E-state index in [0.29, 0.717) is 0 Å². The minimum Gasteiger partial charge on any atom is -0.330 e. The van der Waals surface area contributed by atoms with Crippen LogP contribution in [0.15, 0.2) is 24.9 Å². The first-order chi connectivity index (χ1) is 8.78. The molecule has 0 unspecified atom stereocenters. The molecule has 1 aliphatic heterocycles. The lowest BCUT2D eigenvalue weighted by molar-refractivity contribution is 0.318. The number of aromatic amines is 1. The minimum absolute atomic E-state index is 0.242. The van der Waals surface area contributed by atoms with E-state index in [-0.39, 0.29) is 5.41 Å². The largest absolute Gasteiger partial charge is 0.330 e. The van der Waals surface area contributed by atoms with Gasteiger partial charge < -0.3 is 9.88 Å². The maximum atomic E-state index is 4.34. The predicted molar refractivity (Wildman–Crippen MR) is 69.4 cm³/mol. The second-order valence-electron chi connectivity index (χ2n) is 5.32. The molecule has 96 valence electrons. The number of hydrogen-bond donors (Lipinski definition) is 2. The van der Waals surface area contributed by atoms with Crippen LogP contribution in [0.3, 0.4) is 0 Å². The summed E-state index contributed by atoms with van der Waals surface area (Å²) >= 11 is 0. The fraction of sp³-hybridized carbons (Fsp3) is 0.538. The molecule has 1 aliphatic rings. The summed E-state index contributed by atoms with van der Waals surface area (Å²) in [7, 11) is 0. The number of nitrogens with one attached hydrogen (secondary N) is 2. The Hall–Kier alpha value is -1.62. The van der Waals surface area contributed by atoms with Gasteiger partial charge in [0.25, 0.3) is 0 Å². The number of H-pyrrole nitrogens is 1. The maximum absolute atomic E-state index is 4.34. The Kier molecular flexibility index (Phi) is 2.91. The van der Waals surface area contributed by atoms with Crippen molar-refractivity contribution in [3.05, 3.63) is 36.2 Å². The highest BCUT2D eigenvalue weighted by Gasteiger charge is 2.31. The van der Waals surface area contributed by atoms with Crippen molar-refractivity contribution in [3.8, 4) is 0 Å². The van der Waals surface area contributed by atoms with E-state index in [9.17, 15) is 0 Å². The Morgan fingerprint density at radius 2 is 2.17 bits per heavy atom. The number of piperidine rings is 1. The van der Waals surface area contributed by atoms with Gasteiger partial charge in [0.1, 0.15) is 0 Å². The van der Waals surface area contributed by atoms with Crippen molar-refractivity contribution < 1.29 is 0 Å². The van der Waals surface area contributed by atoms with Crippen LogP contribution in [0.4, 0.5) is 0 Å². The Morgan fingerprint density at radius 3 is 2.89 bits per heavy atom. The molecule has 18 heavy (non-hydrogen) atoms. The summed E-state index contributed by atoms with van der Waals surface area (Å²) in [6.45, 7) is 5.37. The highest BCUT2D eigenvalue weighted by atomic mass is 15.1. The van der Waals surface area contributed by atoms with Crippen LogP contribution in [0, 0.1) is 0 Å². The molecule has 2 aromatic heterocycles. The Bertz CT molecular complexity index is 493. The molecule has 5 nitrogen and oxygen atoms in total. The zero-order valence-electron chi connectivity index (χ0n) is 10.7. The molecule has 0 aromatic carbocycles. The molecule has 2 N–H and O–H groups in total. The minimum atomic E-state index is 0.242. The lowest BCUT2D eigenvalue weighted by atomic mass is 9.78. The van der Waals surface area contributed by atoms with E-state index in [4.69, 9.17) is 0 Å². The van der Waals surface area contributed by atoms with Crippen LogP contribution < -0.4 is 5.32 Å². The first-order valence-electron chi connectivity index (χ1n) is 6.47. The lowest BCUT2D eigenvalue weighted by Crippen LogP contribution is -2.39. The van der Waals surface area contributed by atoms with Gasteiger partial charge >= 0.3 is 0 Å². The Balaban J connectivity index is 1.86. The van der Waals surface area contributed by atoms with Crippen molar-refractivity contribution >= 4 is 0 Å². The van der Waals surface area contributed by atoms with Gasteiger partial charge in [-0.05, 0) is 25.9 Å². The number of rotatable bonds is 3. The van der Waals surface area contributed by atoms with Crippen molar-refractivity contribution in [2.75, 3.05) is 13.1 Å². The van der Waals surface area contributed by atoms with E-state index in [2.05, 4.69) is 32.0 Å². The molecule has 0 aliphatic carbocycles. The average Bonchev–Trinajstić information content (AvgIpc) is 3.02. The van der Waals surface area contributed by atoms with Crippen LogP contribution in [0.5, 0.6) is 0 Å². The summed E-state index contributed by atoms with van der Waals surface area (Å²) in [5.74, 6) is 0. The van der Waals surface area contributed by atoms with Crippen LogP contribution in [0.1, 0.15) is 31.0 Å². The fourth-order valence-electron chi connectivity index (χ4n) is 2.74. The standard InChI is InChI=1S/C13H19N5/c1-13(2-4-14-5-3-13)12-8-15-10-18(12)9-11-6-16-17-7-11/h6-8,10,14H,2-5,9H2,1H3,(H,16,17). The third kappa shape index (κ3) is 2.06. The van der Waals surface area contributed by atoms with Gasteiger partial charge in [0, 0.05) is 29.1 Å². The average molecular weight is 245 g/mol. The molecular weight excluding hydrogens is 226 g/mol.